The number of hydrogen-bond donors (Lipinski definition) is 5. The molecular weight excluding hydrogens is 809 g/mol. The lowest BCUT2D eigenvalue weighted by molar-refractivity contribution is -0.137. The molecule has 9 rings (SSSR count). The first-order valence-electron chi connectivity index (χ1n) is 20.6. The van der Waals surface area contributed by atoms with Gasteiger partial charge in [0.1, 0.15) is 23.7 Å². The van der Waals surface area contributed by atoms with Crippen LogP contribution in [0.25, 0.3) is 53.6 Å². The molecule has 0 radical (unpaired) electrons. The number of aromatic nitrogens is 4. The van der Waals surface area contributed by atoms with E-state index in [1.807, 2.05) is 12.1 Å². The number of likely N-dealkylation sites (tertiary alicyclic amines) is 2. The van der Waals surface area contributed by atoms with Crippen LogP contribution in [0.5, 0.6) is 0 Å². The predicted octanol–water partition coefficient (Wildman–Crippen LogP) is 8.08. The van der Waals surface area contributed by atoms with Crippen LogP contribution >= 0.6 is 11.3 Å². The van der Waals surface area contributed by atoms with E-state index in [2.05, 4.69) is 69.1 Å². The van der Waals surface area contributed by atoms with Crippen LogP contribution < -0.4 is 10.6 Å². The van der Waals surface area contributed by atoms with Crippen LogP contribution in [0.3, 0.4) is 0 Å². The van der Waals surface area contributed by atoms with Gasteiger partial charge in [0.05, 0.1) is 48.2 Å². The molecule has 3 aromatic heterocycles. The van der Waals surface area contributed by atoms with Crippen LogP contribution in [0.15, 0.2) is 91.1 Å². The summed E-state index contributed by atoms with van der Waals surface area (Å²) in [4.78, 5) is 71.5. The zero-order valence-corrected chi connectivity index (χ0v) is 35.2. The maximum absolute atomic E-state index is 13.8. The minimum Gasteiger partial charge on any atom is -0.465 e. The molecule has 5 N–H and O–H groups in total. The van der Waals surface area contributed by atoms with E-state index in [0.29, 0.717) is 36.7 Å². The van der Waals surface area contributed by atoms with Gasteiger partial charge < -0.3 is 45.0 Å². The molecule has 7 aromatic rings. The molecule has 15 nitrogen and oxygen atoms in total. The molecule has 0 aliphatic carbocycles. The van der Waals surface area contributed by atoms with Gasteiger partial charge in [-0.2, -0.15) is 0 Å². The highest BCUT2D eigenvalue weighted by Crippen LogP contribution is 2.40. The Kier molecular flexibility index (Phi) is 11.1. The van der Waals surface area contributed by atoms with Crippen molar-refractivity contribution in [3.63, 3.8) is 0 Å². The normalized spacial score (nSPS) is 18.0. The molecule has 2 saturated heterocycles. The fourth-order valence-electron chi connectivity index (χ4n) is 8.88. The molecule has 0 bridgehead atoms. The zero-order valence-electron chi connectivity index (χ0n) is 34.4. The summed E-state index contributed by atoms with van der Waals surface area (Å²) in [7, 11) is 2.76. The Hall–Kier alpha value is -6.78. The largest absolute Gasteiger partial charge is 0.465 e. The van der Waals surface area contributed by atoms with Crippen molar-refractivity contribution < 1.29 is 33.8 Å². The SMILES string of the molecule is COC(=O)N[C@H](C(=O)N1CCC[C@H]1c1nc2ccc(-c3ccc4c(c3)sc3cc(-c5cnc([C@@H]6CCCN6C(=O)[C@H](NC(=O)O)c6ccccc6)[nH]5)ccc34)cc2[nH]1)[C@@H](C)OC. The third-order valence-electron chi connectivity index (χ3n) is 12.1. The first-order valence-corrected chi connectivity index (χ1v) is 21.5. The van der Waals surface area contributed by atoms with Gasteiger partial charge in [0.15, 0.2) is 0 Å². The average Bonchev–Trinajstić information content (AvgIpc) is 4.15. The first kappa shape index (κ1) is 40.6. The Labute approximate surface area is 360 Å². The van der Waals surface area contributed by atoms with Gasteiger partial charge in [0.2, 0.25) is 5.91 Å². The summed E-state index contributed by atoms with van der Waals surface area (Å²) >= 11 is 1.72. The number of carbonyl (C=O) groups excluding carboxylic acids is 3. The van der Waals surface area contributed by atoms with E-state index in [1.165, 1.54) is 14.2 Å². The van der Waals surface area contributed by atoms with E-state index in [9.17, 15) is 24.3 Å². The number of hydrogen-bond acceptors (Lipinski definition) is 9. The predicted molar refractivity (Wildman–Crippen MR) is 236 cm³/mol. The molecular formula is C46H46N8O7S. The fourth-order valence-corrected chi connectivity index (χ4v) is 10.1. The highest BCUT2D eigenvalue weighted by atomic mass is 32.1. The second-order valence-corrected chi connectivity index (χ2v) is 16.9. The van der Waals surface area contributed by atoms with Crippen LogP contribution in [0.2, 0.25) is 0 Å². The number of aromatic amines is 2. The van der Waals surface area contributed by atoms with Crippen LogP contribution in [-0.2, 0) is 19.1 Å². The number of alkyl carbamates (subject to hydrolysis) is 1. The van der Waals surface area contributed by atoms with Crippen LogP contribution in [0.4, 0.5) is 9.59 Å². The van der Waals surface area contributed by atoms with Crippen LogP contribution in [0, 0.1) is 0 Å². The van der Waals surface area contributed by atoms with Crippen molar-refractivity contribution in [3.05, 3.63) is 108 Å². The third-order valence-corrected chi connectivity index (χ3v) is 13.2. The molecule has 2 aliphatic heterocycles. The maximum Gasteiger partial charge on any atom is 0.407 e. The Morgan fingerprint density at radius 1 is 0.790 bits per heavy atom. The summed E-state index contributed by atoms with van der Waals surface area (Å²) in [5.41, 5.74) is 6.15. The topological polar surface area (TPSA) is 195 Å². The number of carboxylic acid groups (broad SMARTS) is 1. The molecule has 2 fully saturated rings. The van der Waals surface area contributed by atoms with Gasteiger partial charge in [-0.25, -0.2) is 19.6 Å². The molecule has 4 amide bonds. The number of imidazole rings is 2. The molecule has 2 aliphatic rings. The number of nitrogens with zero attached hydrogens (tertiary/aromatic N) is 4. The number of nitrogens with one attached hydrogen (secondary N) is 4. The number of rotatable bonds is 11. The van der Waals surface area contributed by atoms with Gasteiger partial charge in [-0.05, 0) is 73.6 Å². The van der Waals surface area contributed by atoms with Crippen LogP contribution in [-0.4, -0.2) is 98.3 Å². The number of H-pyrrole nitrogens is 2. The van der Waals surface area contributed by atoms with Crippen molar-refractivity contribution in [2.24, 2.45) is 0 Å². The lowest BCUT2D eigenvalue weighted by atomic mass is 10.0. The number of benzene rings is 4. The van der Waals surface area contributed by atoms with Gasteiger partial charge in [-0.1, -0.05) is 60.7 Å². The number of methoxy groups -OCH3 is 2. The summed E-state index contributed by atoms with van der Waals surface area (Å²) < 4.78 is 12.5. The maximum atomic E-state index is 13.8. The first-order chi connectivity index (χ1) is 30.1. The lowest BCUT2D eigenvalue weighted by Crippen LogP contribution is -2.54. The molecule has 5 atom stereocenters. The van der Waals surface area contributed by atoms with E-state index in [1.54, 1.807) is 58.5 Å². The van der Waals surface area contributed by atoms with E-state index < -0.39 is 30.4 Å². The Morgan fingerprint density at radius 3 is 2.13 bits per heavy atom. The number of ether oxygens (including phenoxy) is 2. The fraction of sp³-hybridized carbons (Fsp3) is 0.304. The molecule has 16 heteroatoms. The van der Waals surface area contributed by atoms with Crippen molar-refractivity contribution in [3.8, 4) is 22.4 Å². The quantitative estimate of drug-likeness (QED) is 0.0855. The van der Waals surface area contributed by atoms with Gasteiger partial charge in [0, 0.05) is 45.9 Å². The summed E-state index contributed by atoms with van der Waals surface area (Å²) in [6, 6.07) is 25.4. The van der Waals surface area contributed by atoms with Gasteiger partial charge >= 0.3 is 12.2 Å². The van der Waals surface area contributed by atoms with Crippen molar-refractivity contribution >= 4 is 66.5 Å². The summed E-state index contributed by atoms with van der Waals surface area (Å²) in [5, 5.41) is 16.9. The molecule has 62 heavy (non-hydrogen) atoms. The summed E-state index contributed by atoms with van der Waals surface area (Å²) in [5.74, 6) is 0.815. The minimum absolute atomic E-state index is 0.248. The smallest absolute Gasteiger partial charge is 0.407 e. The minimum atomic E-state index is -1.26. The average molecular weight is 855 g/mol. The van der Waals surface area contributed by atoms with Crippen molar-refractivity contribution in [2.45, 2.75) is 62.9 Å². The van der Waals surface area contributed by atoms with E-state index in [-0.39, 0.29) is 23.9 Å². The van der Waals surface area contributed by atoms with E-state index in [4.69, 9.17) is 19.4 Å². The Balaban J connectivity index is 0.937. The van der Waals surface area contributed by atoms with Crippen molar-refractivity contribution in [2.75, 3.05) is 27.3 Å². The Bertz CT molecular complexity index is 2820. The van der Waals surface area contributed by atoms with Gasteiger partial charge in [-0.3, -0.25) is 9.59 Å². The highest BCUT2D eigenvalue weighted by Gasteiger charge is 2.39. The van der Waals surface area contributed by atoms with Crippen LogP contribution in [0.1, 0.15) is 67.9 Å². The number of amides is 4. The molecule has 5 heterocycles. The Morgan fingerprint density at radius 2 is 1.44 bits per heavy atom. The number of fused-ring (bicyclic) bond motifs is 4. The van der Waals surface area contributed by atoms with Crippen molar-refractivity contribution in [1.29, 1.82) is 0 Å². The van der Waals surface area contributed by atoms with Gasteiger partial charge in [-0.15, -0.1) is 11.3 Å². The molecule has 4 aromatic carbocycles. The van der Waals surface area contributed by atoms with E-state index >= 15 is 0 Å². The molecule has 318 valence electrons. The second-order valence-electron chi connectivity index (χ2n) is 15.8. The molecule has 0 spiro atoms. The third kappa shape index (κ3) is 7.71. The standard InChI is InChI=1S/C46H46N8O7S/c1-25(60-2)39(52-46(59)61-3)43(55)54-20-8-12-36(54)42-48-32-18-15-27(21-33(32)49-42)28-13-16-30-31-17-14-29(23-38(31)62-37(30)22-28)34-24-47-41(50-34)35-11-7-19-53(35)44(56)40(51-45(57)58)26-9-5-4-6-10-26/h4-6,9-10,13-18,21-25,35-36,39-40,51H,7-8,11-12,19-20H2,1-3H3,(H,47,50)(H,48,49)(H,52,59)(H,57,58)/t25-,35+,36+,39+,40-/m1/s1. The van der Waals surface area contributed by atoms with E-state index in [0.717, 1.165) is 72.9 Å². The number of thiophene rings is 1. The highest BCUT2D eigenvalue weighted by molar-refractivity contribution is 7.25. The monoisotopic (exact) mass is 854 g/mol. The lowest BCUT2D eigenvalue weighted by Gasteiger charge is -2.30. The summed E-state index contributed by atoms with van der Waals surface area (Å²) in [6.45, 7) is 2.78. The number of carbonyl (C=O) groups is 4. The molecule has 0 saturated carbocycles. The second kappa shape index (κ2) is 16.9. The van der Waals surface area contributed by atoms with Gasteiger partial charge in [0.25, 0.3) is 5.91 Å². The zero-order chi connectivity index (χ0) is 43.1. The van der Waals surface area contributed by atoms with Crippen molar-refractivity contribution in [1.82, 2.24) is 40.4 Å². The molecule has 0 unspecified atom stereocenters. The summed E-state index contributed by atoms with van der Waals surface area (Å²) in [6.07, 6.45) is 2.32.